The van der Waals surface area contributed by atoms with E-state index in [2.05, 4.69) is 16.8 Å². The van der Waals surface area contributed by atoms with Crippen molar-refractivity contribution in [1.82, 2.24) is 13.8 Å². The first-order valence-electron chi connectivity index (χ1n) is 11.0. The van der Waals surface area contributed by atoms with Crippen LogP contribution >= 0.6 is 0 Å². The van der Waals surface area contributed by atoms with Crippen LogP contribution in [0.4, 0.5) is 5.69 Å². The van der Waals surface area contributed by atoms with Crippen LogP contribution in [-0.2, 0) is 14.8 Å². The molecular formula is C23H30N4O4S. The molecule has 4 rings (SSSR count). The van der Waals surface area contributed by atoms with Crippen LogP contribution in [0.15, 0.2) is 35.2 Å². The average molecular weight is 459 g/mol. The van der Waals surface area contributed by atoms with Crippen LogP contribution in [0.25, 0.3) is 0 Å². The van der Waals surface area contributed by atoms with E-state index in [4.69, 9.17) is 0 Å². The zero-order chi connectivity index (χ0) is 23.0. The number of aromatic nitrogens is 1. The summed E-state index contributed by atoms with van der Waals surface area (Å²) in [6.07, 6.45) is 2.35. The molecule has 2 aliphatic rings. The van der Waals surface area contributed by atoms with E-state index in [0.29, 0.717) is 44.5 Å². The number of anilines is 1. The number of rotatable bonds is 7. The van der Waals surface area contributed by atoms with Gasteiger partial charge in [-0.3, -0.25) is 14.5 Å². The number of hydrogen-bond acceptors (Lipinski definition) is 5. The predicted molar refractivity (Wildman–Crippen MR) is 122 cm³/mol. The second-order valence-corrected chi connectivity index (χ2v) is 10.6. The van der Waals surface area contributed by atoms with E-state index in [1.54, 1.807) is 12.1 Å². The smallest absolute Gasteiger partial charge is 0.243 e. The molecule has 1 saturated heterocycles. The number of nitrogens with zero attached hydrogens (tertiary/aromatic N) is 3. The molecule has 1 amide bonds. The first kappa shape index (κ1) is 22.7. The molecule has 0 bridgehead atoms. The minimum Gasteiger partial charge on any atom is -0.345 e. The van der Waals surface area contributed by atoms with Gasteiger partial charge >= 0.3 is 0 Å². The number of Topliss-reactive ketones (excluding diaryl/α,β-unsaturated/α-hetero) is 1. The van der Waals surface area contributed by atoms with Gasteiger partial charge < -0.3 is 9.88 Å². The summed E-state index contributed by atoms with van der Waals surface area (Å²) in [5, 5.41) is 2.63. The summed E-state index contributed by atoms with van der Waals surface area (Å²) in [6.45, 7) is 7.46. The van der Waals surface area contributed by atoms with Crippen LogP contribution in [0, 0.1) is 13.8 Å². The Balaban J connectivity index is 1.36. The van der Waals surface area contributed by atoms with Crippen LogP contribution in [0.1, 0.15) is 47.6 Å². The number of aryl methyl sites for hydroxylation is 1. The van der Waals surface area contributed by atoms with Crippen LogP contribution in [-0.4, -0.2) is 66.6 Å². The Kier molecular flexibility index (Phi) is 6.24. The highest BCUT2D eigenvalue weighted by molar-refractivity contribution is 7.89. The molecule has 0 spiro atoms. The number of hydrogen-bond donors (Lipinski definition) is 1. The highest BCUT2D eigenvalue weighted by Crippen LogP contribution is 2.38. The molecule has 0 atom stereocenters. The zero-order valence-corrected chi connectivity index (χ0v) is 19.6. The maximum atomic E-state index is 13.0. The molecule has 2 aromatic rings. The number of benzene rings is 1. The summed E-state index contributed by atoms with van der Waals surface area (Å²) >= 11 is 0. The predicted octanol–water partition coefficient (Wildman–Crippen LogP) is 2.59. The molecule has 8 nitrogen and oxygen atoms in total. The van der Waals surface area contributed by atoms with Gasteiger partial charge in [0.25, 0.3) is 0 Å². The third-order valence-corrected chi connectivity index (χ3v) is 8.12. The third kappa shape index (κ3) is 4.65. The van der Waals surface area contributed by atoms with Gasteiger partial charge in [-0.2, -0.15) is 4.31 Å². The number of ketones is 1. The van der Waals surface area contributed by atoms with E-state index in [-0.39, 0.29) is 16.6 Å². The largest absolute Gasteiger partial charge is 0.345 e. The third-order valence-electron chi connectivity index (χ3n) is 6.21. The number of piperazine rings is 1. The fraction of sp³-hybridized carbons (Fsp3) is 0.478. The maximum absolute atomic E-state index is 13.0. The molecule has 9 heteroatoms. The zero-order valence-electron chi connectivity index (χ0n) is 18.8. The summed E-state index contributed by atoms with van der Waals surface area (Å²) in [7, 11) is -3.62. The number of nitrogens with one attached hydrogen (secondary N) is 1. The Bertz CT molecular complexity index is 1130. The molecule has 1 saturated carbocycles. The van der Waals surface area contributed by atoms with E-state index in [9.17, 15) is 18.0 Å². The highest BCUT2D eigenvalue weighted by Gasteiger charge is 2.31. The van der Waals surface area contributed by atoms with Gasteiger partial charge in [-0.15, -0.1) is 0 Å². The van der Waals surface area contributed by atoms with Crippen LogP contribution in [0.2, 0.25) is 0 Å². The molecule has 172 valence electrons. The van der Waals surface area contributed by atoms with Gasteiger partial charge in [0.15, 0.2) is 5.78 Å². The molecule has 2 heterocycles. The van der Waals surface area contributed by atoms with Crippen LogP contribution in [0.5, 0.6) is 0 Å². The minimum absolute atomic E-state index is 0.0925. The topological polar surface area (TPSA) is 91.7 Å². The Morgan fingerprint density at radius 1 is 1.03 bits per heavy atom. The van der Waals surface area contributed by atoms with E-state index >= 15 is 0 Å². The lowest BCUT2D eigenvalue weighted by Crippen LogP contribution is -2.49. The van der Waals surface area contributed by atoms with Crippen molar-refractivity contribution in [3.05, 3.63) is 47.3 Å². The average Bonchev–Trinajstić information content (AvgIpc) is 3.52. The van der Waals surface area contributed by atoms with Gasteiger partial charge in [-0.25, -0.2) is 8.42 Å². The van der Waals surface area contributed by atoms with Gasteiger partial charge in [0, 0.05) is 61.8 Å². The summed E-state index contributed by atoms with van der Waals surface area (Å²) in [5.74, 6) is -0.115. The van der Waals surface area contributed by atoms with Crippen molar-refractivity contribution in [2.45, 2.75) is 44.6 Å². The molecule has 2 fully saturated rings. The summed E-state index contributed by atoms with van der Waals surface area (Å²) in [6, 6.07) is 8.71. The fourth-order valence-corrected chi connectivity index (χ4v) is 5.86. The molecule has 1 aromatic carbocycles. The first-order valence-corrected chi connectivity index (χ1v) is 12.4. The monoisotopic (exact) mass is 458 g/mol. The van der Waals surface area contributed by atoms with Gasteiger partial charge in [-0.1, -0.05) is 0 Å². The van der Waals surface area contributed by atoms with Crippen molar-refractivity contribution in [2.75, 3.05) is 38.0 Å². The number of sulfonamides is 1. The van der Waals surface area contributed by atoms with Gasteiger partial charge in [0.2, 0.25) is 15.9 Å². The fourth-order valence-electron chi connectivity index (χ4n) is 4.43. The Hall–Kier alpha value is -2.49. The Morgan fingerprint density at radius 3 is 2.22 bits per heavy atom. The SMILES string of the molecule is CC(=O)Nc1ccc(S(=O)(=O)N2CCN(CC(=O)c3cc(C)n(C4CC4)c3C)CC2)cc1. The molecule has 0 unspecified atom stereocenters. The second-order valence-electron chi connectivity index (χ2n) is 8.69. The second kappa shape index (κ2) is 8.80. The molecule has 1 aromatic heterocycles. The van der Waals surface area contributed by atoms with Crippen molar-refractivity contribution >= 4 is 27.4 Å². The number of carbonyl (C=O) groups is 2. The molecule has 1 N–H and O–H groups in total. The van der Waals surface area contributed by atoms with Crippen molar-refractivity contribution in [3.8, 4) is 0 Å². The summed E-state index contributed by atoms with van der Waals surface area (Å²) < 4.78 is 29.7. The van der Waals surface area contributed by atoms with E-state index in [1.165, 1.54) is 36.2 Å². The van der Waals surface area contributed by atoms with Gasteiger partial charge in [0.05, 0.1) is 11.4 Å². The van der Waals surface area contributed by atoms with Gasteiger partial charge in [-0.05, 0) is 57.0 Å². The van der Waals surface area contributed by atoms with E-state index < -0.39 is 10.0 Å². The lowest BCUT2D eigenvalue weighted by Gasteiger charge is -2.33. The van der Waals surface area contributed by atoms with Crippen molar-refractivity contribution < 1.29 is 18.0 Å². The molecule has 0 radical (unpaired) electrons. The number of amides is 1. The normalized spacial score (nSPS) is 18.0. The Labute approximate surface area is 189 Å². The Morgan fingerprint density at radius 2 is 1.66 bits per heavy atom. The highest BCUT2D eigenvalue weighted by atomic mass is 32.2. The lowest BCUT2D eigenvalue weighted by atomic mass is 10.1. The molecular weight excluding hydrogens is 428 g/mol. The van der Waals surface area contributed by atoms with Gasteiger partial charge in [0.1, 0.15) is 0 Å². The summed E-state index contributed by atoms with van der Waals surface area (Å²) in [5.41, 5.74) is 3.51. The van der Waals surface area contributed by atoms with Crippen molar-refractivity contribution in [2.24, 2.45) is 0 Å². The maximum Gasteiger partial charge on any atom is 0.243 e. The molecule has 1 aliphatic carbocycles. The summed E-state index contributed by atoms with van der Waals surface area (Å²) in [4.78, 5) is 26.3. The van der Waals surface area contributed by atoms with Crippen LogP contribution < -0.4 is 5.32 Å². The van der Waals surface area contributed by atoms with E-state index in [1.807, 2.05) is 17.9 Å². The van der Waals surface area contributed by atoms with Crippen LogP contribution in [0.3, 0.4) is 0 Å². The standard InChI is InChI=1S/C23H30N4O4S/c1-16-14-22(17(2)27(16)20-6-7-20)23(29)15-25-10-12-26(13-11-25)32(30,31)21-8-4-19(5-9-21)24-18(3)28/h4-5,8-9,14,20H,6-7,10-13,15H2,1-3H3,(H,24,28). The molecule has 32 heavy (non-hydrogen) atoms. The molecule has 1 aliphatic heterocycles. The number of carbonyl (C=O) groups excluding carboxylic acids is 2. The van der Waals surface area contributed by atoms with Crippen molar-refractivity contribution in [1.29, 1.82) is 0 Å². The van der Waals surface area contributed by atoms with E-state index in [0.717, 1.165) is 17.0 Å². The minimum atomic E-state index is -3.62. The first-order chi connectivity index (χ1) is 15.2. The van der Waals surface area contributed by atoms with Crippen molar-refractivity contribution in [3.63, 3.8) is 0 Å². The quantitative estimate of drug-likeness (QED) is 0.644. The lowest BCUT2D eigenvalue weighted by molar-refractivity contribution is -0.114.